The van der Waals surface area contributed by atoms with Crippen LogP contribution >= 0.6 is 0 Å². The molecule has 0 amide bonds. The summed E-state index contributed by atoms with van der Waals surface area (Å²) >= 11 is 0. The molecule has 92 valence electrons. The van der Waals surface area contributed by atoms with Crippen molar-refractivity contribution in [2.24, 2.45) is 0 Å². The lowest BCUT2D eigenvalue weighted by Gasteiger charge is -2.29. The van der Waals surface area contributed by atoms with Crippen LogP contribution < -0.4 is 0 Å². The molecule has 0 aromatic carbocycles. The number of hydrogen-bond acceptors (Lipinski definition) is 3. The number of fused-ring (bicyclic) bond motifs is 1. The predicted octanol–water partition coefficient (Wildman–Crippen LogP) is 3.04. The van der Waals surface area contributed by atoms with Crippen LogP contribution in [0.3, 0.4) is 0 Å². The van der Waals surface area contributed by atoms with Gasteiger partial charge >= 0.3 is 0 Å². The van der Waals surface area contributed by atoms with Crippen molar-refractivity contribution >= 4 is 8.32 Å². The first-order valence-electron chi connectivity index (χ1n) is 6.02. The first kappa shape index (κ1) is 12.1. The Morgan fingerprint density at radius 1 is 1.31 bits per heavy atom. The van der Waals surface area contributed by atoms with Gasteiger partial charge in [-0.25, -0.2) is 0 Å². The van der Waals surface area contributed by atoms with E-state index in [2.05, 4.69) is 25.7 Å². The van der Waals surface area contributed by atoms with Crippen molar-refractivity contribution in [1.82, 2.24) is 0 Å². The molecule has 0 bridgehead atoms. The van der Waals surface area contributed by atoms with Gasteiger partial charge in [-0.3, -0.25) is 0 Å². The topological polar surface area (TPSA) is 27.7 Å². The second-order valence-corrected chi connectivity index (χ2v) is 10.4. The second-order valence-electron chi connectivity index (χ2n) is 5.99. The molecule has 1 aliphatic heterocycles. The molecule has 2 atom stereocenters. The lowest BCUT2D eigenvalue weighted by Crippen LogP contribution is -2.35. The van der Waals surface area contributed by atoms with Crippen LogP contribution in [0.1, 0.15) is 26.7 Å². The minimum atomic E-state index is -1.55. The average Bonchev–Trinajstić information content (AvgIpc) is 2.37. The van der Waals surface area contributed by atoms with Gasteiger partial charge in [-0.1, -0.05) is 0 Å². The van der Waals surface area contributed by atoms with Crippen LogP contribution in [0.15, 0.2) is 11.8 Å². The highest BCUT2D eigenvalue weighted by Gasteiger charge is 2.45. The lowest BCUT2D eigenvalue weighted by molar-refractivity contribution is -0.145. The van der Waals surface area contributed by atoms with Crippen LogP contribution in [0.5, 0.6) is 0 Å². The van der Waals surface area contributed by atoms with E-state index in [0.29, 0.717) is 0 Å². The van der Waals surface area contributed by atoms with Crippen LogP contribution in [-0.2, 0) is 13.9 Å². The molecule has 16 heavy (non-hydrogen) atoms. The Balaban J connectivity index is 2.12. The predicted molar refractivity (Wildman–Crippen MR) is 65.6 cm³/mol. The molecule has 1 heterocycles. The van der Waals surface area contributed by atoms with Crippen molar-refractivity contribution in [1.29, 1.82) is 0 Å². The molecule has 2 rings (SSSR count). The first-order chi connectivity index (χ1) is 7.27. The summed E-state index contributed by atoms with van der Waals surface area (Å²) in [6, 6.07) is 0. The van der Waals surface area contributed by atoms with E-state index in [-0.39, 0.29) is 12.2 Å². The summed E-state index contributed by atoms with van der Waals surface area (Å²) in [7, 11) is -1.55. The monoisotopic (exact) mass is 242 g/mol. The highest BCUT2D eigenvalue weighted by atomic mass is 28.4. The average molecular weight is 242 g/mol. The van der Waals surface area contributed by atoms with Crippen LogP contribution in [0.4, 0.5) is 0 Å². The van der Waals surface area contributed by atoms with Crippen LogP contribution in [-0.4, -0.2) is 26.3 Å². The third-order valence-electron chi connectivity index (χ3n) is 2.68. The van der Waals surface area contributed by atoms with Crippen molar-refractivity contribution in [3.63, 3.8) is 0 Å². The van der Waals surface area contributed by atoms with Crippen LogP contribution in [0.25, 0.3) is 0 Å². The molecule has 1 fully saturated rings. The van der Waals surface area contributed by atoms with Gasteiger partial charge in [0.1, 0.15) is 11.9 Å². The van der Waals surface area contributed by atoms with Gasteiger partial charge in [-0.2, -0.15) is 0 Å². The molecule has 3 nitrogen and oxygen atoms in total. The van der Waals surface area contributed by atoms with E-state index < -0.39 is 14.1 Å². The zero-order chi connectivity index (χ0) is 12.0. The standard InChI is InChI=1S/C12H22O3Si/c1-12(2)13-9-7-6-8-10(11(9)14-12)15-16(3,4)5/h8-9,11H,6-7H2,1-5H3/t9-,11-/m1/s1. The van der Waals surface area contributed by atoms with Crippen LogP contribution in [0, 0.1) is 0 Å². The molecular formula is C12H22O3Si. The van der Waals surface area contributed by atoms with Crippen molar-refractivity contribution in [2.75, 3.05) is 0 Å². The van der Waals surface area contributed by atoms with Gasteiger partial charge in [0.15, 0.2) is 5.79 Å². The van der Waals surface area contributed by atoms with Gasteiger partial charge < -0.3 is 13.9 Å². The maximum atomic E-state index is 6.08. The van der Waals surface area contributed by atoms with Crippen molar-refractivity contribution in [3.8, 4) is 0 Å². The Kier molecular flexibility index (Phi) is 2.93. The third-order valence-corrected chi connectivity index (χ3v) is 3.53. The summed E-state index contributed by atoms with van der Waals surface area (Å²) in [6.07, 6.45) is 4.42. The number of rotatable bonds is 2. The molecule has 4 heteroatoms. The van der Waals surface area contributed by atoms with Gasteiger partial charge in [0.2, 0.25) is 8.32 Å². The van der Waals surface area contributed by atoms with E-state index in [1.54, 1.807) is 0 Å². The fourth-order valence-corrected chi connectivity index (χ4v) is 3.15. The van der Waals surface area contributed by atoms with Crippen molar-refractivity contribution in [3.05, 3.63) is 11.8 Å². The van der Waals surface area contributed by atoms with Gasteiger partial charge in [0.05, 0.1) is 6.10 Å². The summed E-state index contributed by atoms with van der Waals surface area (Å²) in [4.78, 5) is 0. The molecule has 0 radical (unpaired) electrons. The Morgan fingerprint density at radius 3 is 2.62 bits per heavy atom. The minimum absolute atomic E-state index is 0.00970. The quantitative estimate of drug-likeness (QED) is 0.697. The summed E-state index contributed by atoms with van der Waals surface area (Å²) in [5.74, 6) is 0.530. The van der Waals surface area contributed by atoms with E-state index in [1.807, 2.05) is 13.8 Å². The number of allylic oxidation sites excluding steroid dienone is 1. The van der Waals surface area contributed by atoms with Crippen molar-refractivity contribution < 1.29 is 13.9 Å². The summed E-state index contributed by atoms with van der Waals surface area (Å²) in [6.45, 7) is 10.5. The second kappa shape index (κ2) is 3.86. The van der Waals surface area contributed by atoms with E-state index in [4.69, 9.17) is 13.9 Å². The van der Waals surface area contributed by atoms with E-state index >= 15 is 0 Å². The molecule has 1 aliphatic carbocycles. The normalized spacial score (nSPS) is 33.2. The fourth-order valence-electron chi connectivity index (χ4n) is 2.25. The molecule has 2 aliphatic rings. The highest BCUT2D eigenvalue weighted by molar-refractivity contribution is 6.70. The molecule has 0 unspecified atom stereocenters. The zero-order valence-corrected chi connectivity index (χ0v) is 11.9. The summed E-state index contributed by atoms with van der Waals surface area (Å²) in [5, 5.41) is 0. The van der Waals surface area contributed by atoms with Crippen molar-refractivity contribution in [2.45, 2.75) is 64.3 Å². The summed E-state index contributed by atoms with van der Waals surface area (Å²) in [5.41, 5.74) is 0. The van der Waals surface area contributed by atoms with Gasteiger partial charge in [0, 0.05) is 0 Å². The largest absolute Gasteiger partial charge is 0.546 e. The lowest BCUT2D eigenvalue weighted by atomic mass is 10.0. The first-order valence-corrected chi connectivity index (χ1v) is 9.42. The molecule has 1 saturated heterocycles. The van der Waals surface area contributed by atoms with E-state index in [1.165, 1.54) is 0 Å². The van der Waals surface area contributed by atoms with E-state index in [9.17, 15) is 0 Å². The van der Waals surface area contributed by atoms with Crippen LogP contribution in [0.2, 0.25) is 19.6 Å². The maximum absolute atomic E-state index is 6.08. The Bertz CT molecular complexity index is 304. The number of hydrogen-bond donors (Lipinski definition) is 0. The maximum Gasteiger partial charge on any atom is 0.241 e. The third kappa shape index (κ3) is 2.67. The Morgan fingerprint density at radius 2 is 2.00 bits per heavy atom. The Labute approximate surface area is 98.9 Å². The fraction of sp³-hybridized carbons (Fsp3) is 0.833. The molecule has 0 saturated carbocycles. The minimum Gasteiger partial charge on any atom is -0.546 e. The number of ether oxygens (including phenoxy) is 2. The highest BCUT2D eigenvalue weighted by Crippen LogP contribution is 2.38. The summed E-state index contributed by atoms with van der Waals surface area (Å²) < 4.78 is 17.9. The molecule has 0 N–H and O–H groups in total. The molecular weight excluding hydrogens is 220 g/mol. The van der Waals surface area contributed by atoms with E-state index in [0.717, 1.165) is 18.6 Å². The smallest absolute Gasteiger partial charge is 0.241 e. The van der Waals surface area contributed by atoms with Gasteiger partial charge in [-0.05, 0) is 52.4 Å². The Hall–Kier alpha value is -0.323. The zero-order valence-electron chi connectivity index (χ0n) is 10.9. The molecule has 0 spiro atoms. The molecule has 0 aromatic heterocycles. The molecule has 0 aromatic rings. The SMILES string of the molecule is CC1(C)O[C@@H]2CCC=C(O[Si](C)(C)C)[C@@H]2O1. The van der Waals surface area contributed by atoms with Gasteiger partial charge in [0.25, 0.3) is 0 Å². The van der Waals surface area contributed by atoms with Gasteiger partial charge in [-0.15, -0.1) is 0 Å².